The Hall–Kier alpha value is -1.15. The molecule has 2 aliphatic heterocycles. The van der Waals surface area contributed by atoms with Crippen LogP contribution in [-0.2, 0) is 9.53 Å². The van der Waals surface area contributed by atoms with Gasteiger partial charge in [0.25, 0.3) is 11.1 Å². The molecule has 2 fully saturated rings. The zero-order valence-corrected chi connectivity index (χ0v) is 12.5. The number of rotatable bonds is 3. The van der Waals surface area contributed by atoms with E-state index in [4.69, 9.17) is 4.74 Å². The smallest absolute Gasteiger partial charge is 0.298 e. The molecule has 106 valence electrons. The number of carbonyl (C=O) groups is 2. The number of imide groups is 1. The summed E-state index contributed by atoms with van der Waals surface area (Å²) in [6.07, 6.45) is 1.80. The quantitative estimate of drug-likeness (QED) is 0.833. The first-order chi connectivity index (χ1) is 9.74. The van der Waals surface area contributed by atoms with Crippen molar-refractivity contribution in [1.29, 1.82) is 0 Å². The van der Waals surface area contributed by atoms with Gasteiger partial charge in [-0.05, 0) is 29.3 Å². The van der Waals surface area contributed by atoms with Crippen LogP contribution in [0.25, 0.3) is 6.08 Å². The molecule has 0 aliphatic carbocycles. The van der Waals surface area contributed by atoms with Crippen molar-refractivity contribution in [2.45, 2.75) is 0 Å². The maximum absolute atomic E-state index is 12.3. The summed E-state index contributed by atoms with van der Waals surface area (Å²) in [4.78, 5) is 28.4. The maximum Gasteiger partial charge on any atom is 0.298 e. The fourth-order valence-electron chi connectivity index (χ4n) is 2.18. The van der Waals surface area contributed by atoms with Crippen LogP contribution in [-0.4, -0.2) is 49.0 Å². The summed E-state index contributed by atoms with van der Waals surface area (Å²) in [7, 11) is 0. The Kier molecular flexibility index (Phi) is 4.21. The number of nitrogens with one attached hydrogen (secondary N) is 1. The predicted molar refractivity (Wildman–Crippen MR) is 78.5 cm³/mol. The van der Waals surface area contributed by atoms with Gasteiger partial charge in [-0.25, -0.2) is 4.90 Å². The molecule has 1 aromatic rings. The number of hydrogen-bond acceptors (Lipinski definition) is 5. The van der Waals surface area contributed by atoms with Crippen LogP contribution in [0.5, 0.6) is 0 Å². The van der Waals surface area contributed by atoms with Crippen molar-refractivity contribution in [3.63, 3.8) is 0 Å². The van der Waals surface area contributed by atoms with E-state index < -0.39 is 0 Å². The van der Waals surface area contributed by atoms with E-state index >= 15 is 0 Å². The number of quaternary nitrogens is 1. The van der Waals surface area contributed by atoms with E-state index in [9.17, 15) is 9.59 Å². The highest BCUT2D eigenvalue weighted by Gasteiger charge is 2.37. The van der Waals surface area contributed by atoms with Crippen molar-refractivity contribution in [2.75, 3.05) is 33.0 Å². The normalized spacial score (nSPS) is 23.0. The summed E-state index contributed by atoms with van der Waals surface area (Å²) >= 11 is 2.59. The molecule has 20 heavy (non-hydrogen) atoms. The van der Waals surface area contributed by atoms with Crippen LogP contribution in [0.3, 0.4) is 0 Å². The lowest BCUT2D eigenvalue weighted by molar-refractivity contribution is -0.915. The Labute approximate surface area is 125 Å². The zero-order valence-electron chi connectivity index (χ0n) is 10.8. The fourth-order valence-corrected chi connectivity index (χ4v) is 3.74. The van der Waals surface area contributed by atoms with Crippen LogP contribution in [0.1, 0.15) is 4.88 Å². The van der Waals surface area contributed by atoms with E-state index in [0.29, 0.717) is 24.8 Å². The first-order valence-corrected chi connectivity index (χ1v) is 8.14. The zero-order chi connectivity index (χ0) is 13.9. The molecule has 3 heterocycles. The molecular formula is C13H15N2O3S2+. The van der Waals surface area contributed by atoms with Crippen molar-refractivity contribution in [2.24, 2.45) is 0 Å². The molecule has 0 spiro atoms. The number of morpholine rings is 1. The van der Waals surface area contributed by atoms with Crippen LogP contribution in [0.15, 0.2) is 22.4 Å². The molecule has 2 saturated heterocycles. The van der Waals surface area contributed by atoms with E-state index in [2.05, 4.69) is 0 Å². The molecule has 0 bridgehead atoms. The highest BCUT2D eigenvalue weighted by Crippen LogP contribution is 2.32. The van der Waals surface area contributed by atoms with Gasteiger partial charge in [-0.1, -0.05) is 6.07 Å². The lowest BCUT2D eigenvalue weighted by atomic mass is 10.4. The van der Waals surface area contributed by atoms with E-state index in [1.165, 1.54) is 9.80 Å². The van der Waals surface area contributed by atoms with Crippen LogP contribution < -0.4 is 4.90 Å². The van der Waals surface area contributed by atoms with Gasteiger partial charge < -0.3 is 9.64 Å². The maximum atomic E-state index is 12.3. The molecule has 0 aromatic carbocycles. The van der Waals surface area contributed by atoms with E-state index in [0.717, 1.165) is 29.7 Å². The Bertz CT molecular complexity index is 536. The third kappa shape index (κ3) is 2.95. The summed E-state index contributed by atoms with van der Waals surface area (Å²) in [5.41, 5.74) is 0. The second-order valence-corrected chi connectivity index (χ2v) is 6.62. The second-order valence-electron chi connectivity index (χ2n) is 4.65. The van der Waals surface area contributed by atoms with Gasteiger partial charge in [0.05, 0.1) is 18.1 Å². The average Bonchev–Trinajstić information content (AvgIpc) is 3.05. The van der Waals surface area contributed by atoms with E-state index in [1.807, 2.05) is 17.5 Å². The Morgan fingerprint density at radius 2 is 2.15 bits per heavy atom. The topological polar surface area (TPSA) is 51.0 Å². The second kappa shape index (κ2) is 6.09. The van der Waals surface area contributed by atoms with Crippen LogP contribution >= 0.6 is 23.1 Å². The van der Waals surface area contributed by atoms with Crippen molar-refractivity contribution in [3.8, 4) is 0 Å². The summed E-state index contributed by atoms with van der Waals surface area (Å²) in [5, 5.41) is 1.78. The van der Waals surface area contributed by atoms with Crippen molar-refractivity contribution in [1.82, 2.24) is 4.90 Å². The van der Waals surface area contributed by atoms with E-state index in [1.54, 1.807) is 17.4 Å². The van der Waals surface area contributed by atoms with E-state index in [-0.39, 0.29) is 11.1 Å². The van der Waals surface area contributed by atoms with Crippen LogP contribution in [0, 0.1) is 0 Å². The number of thioether (sulfide) groups is 1. The number of hydrogen-bond donors (Lipinski definition) is 1. The number of thiophene rings is 1. The predicted octanol–water partition coefficient (Wildman–Crippen LogP) is 0.657. The van der Waals surface area contributed by atoms with Gasteiger partial charge in [0, 0.05) is 4.88 Å². The standard InChI is InChI=1S/C13H14N2O3S2/c16-12-11(8-10-2-1-7-19-10)20-13(17)15(12)9-14-3-5-18-6-4-14/h1-2,7-8H,3-6,9H2/p+1. The molecule has 2 aliphatic rings. The third-order valence-electron chi connectivity index (χ3n) is 3.27. The summed E-state index contributed by atoms with van der Waals surface area (Å²) in [6.45, 7) is 3.50. The molecule has 7 heteroatoms. The first kappa shape index (κ1) is 13.8. The molecule has 1 N–H and O–H groups in total. The van der Waals surface area contributed by atoms with Crippen molar-refractivity contribution >= 4 is 40.3 Å². The number of amides is 2. The van der Waals surface area contributed by atoms with Gasteiger partial charge >= 0.3 is 0 Å². The molecule has 0 radical (unpaired) electrons. The van der Waals surface area contributed by atoms with Crippen LogP contribution in [0.4, 0.5) is 4.79 Å². The van der Waals surface area contributed by atoms with Crippen molar-refractivity contribution in [3.05, 3.63) is 27.3 Å². The monoisotopic (exact) mass is 311 g/mol. The van der Waals surface area contributed by atoms with Gasteiger partial charge in [0.1, 0.15) is 13.1 Å². The summed E-state index contributed by atoms with van der Waals surface area (Å²) in [5.74, 6) is -0.174. The SMILES string of the molecule is O=C1SC(=Cc2cccs2)C(=O)N1C[NH+]1CCOCC1. The third-order valence-corrected chi connectivity index (χ3v) is 5.00. The minimum absolute atomic E-state index is 0.170. The fraction of sp³-hybridized carbons (Fsp3) is 0.385. The van der Waals surface area contributed by atoms with Gasteiger partial charge in [0.15, 0.2) is 6.67 Å². The molecule has 2 amide bonds. The Morgan fingerprint density at radius 1 is 1.35 bits per heavy atom. The van der Waals surface area contributed by atoms with Gasteiger partial charge in [-0.2, -0.15) is 0 Å². The molecule has 1 aromatic heterocycles. The molecule has 0 unspecified atom stereocenters. The van der Waals surface area contributed by atoms with Gasteiger partial charge in [-0.3, -0.25) is 9.59 Å². The molecule has 3 rings (SSSR count). The van der Waals surface area contributed by atoms with Crippen LogP contribution in [0.2, 0.25) is 0 Å². The highest BCUT2D eigenvalue weighted by atomic mass is 32.2. The largest absolute Gasteiger partial charge is 0.370 e. The van der Waals surface area contributed by atoms with Gasteiger partial charge in [0.2, 0.25) is 0 Å². The molecule has 5 nitrogen and oxygen atoms in total. The number of carbonyl (C=O) groups excluding carboxylic acids is 2. The lowest BCUT2D eigenvalue weighted by Crippen LogP contribution is -3.15. The Balaban J connectivity index is 1.70. The molecule has 0 atom stereocenters. The molecule has 0 saturated carbocycles. The Morgan fingerprint density at radius 3 is 2.85 bits per heavy atom. The number of ether oxygens (including phenoxy) is 1. The first-order valence-electron chi connectivity index (χ1n) is 6.44. The average molecular weight is 311 g/mol. The minimum Gasteiger partial charge on any atom is -0.370 e. The van der Waals surface area contributed by atoms with Crippen molar-refractivity contribution < 1.29 is 19.2 Å². The lowest BCUT2D eigenvalue weighted by Gasteiger charge is -2.26. The molecular weight excluding hydrogens is 296 g/mol. The highest BCUT2D eigenvalue weighted by molar-refractivity contribution is 8.18. The number of nitrogens with zero attached hydrogens (tertiary/aromatic N) is 1. The summed E-state index contributed by atoms with van der Waals surface area (Å²) < 4.78 is 5.28. The summed E-state index contributed by atoms with van der Waals surface area (Å²) in [6, 6.07) is 3.87. The van der Waals surface area contributed by atoms with Gasteiger partial charge in [-0.15, -0.1) is 11.3 Å². The minimum atomic E-state index is -0.174.